The van der Waals surface area contributed by atoms with Crippen molar-refractivity contribution in [2.24, 2.45) is 5.73 Å². The lowest BCUT2D eigenvalue weighted by Crippen LogP contribution is -2.39. The first-order valence-corrected chi connectivity index (χ1v) is 3.81. The zero-order chi connectivity index (χ0) is 9.56. The van der Waals surface area contributed by atoms with Crippen molar-refractivity contribution < 1.29 is 9.59 Å². The van der Waals surface area contributed by atoms with Crippen molar-refractivity contribution in [2.75, 3.05) is 13.6 Å². The monoisotopic (exact) mass is 173 g/mol. The molecule has 70 valence electrons. The maximum atomic E-state index is 10.8. The lowest BCUT2D eigenvalue weighted by atomic mass is 10.3. The van der Waals surface area contributed by atoms with Crippen LogP contribution in [-0.4, -0.2) is 31.4 Å². The Morgan fingerprint density at radius 3 is 2.50 bits per heavy atom. The minimum atomic E-state index is -0.519. The van der Waals surface area contributed by atoms with Crippen LogP contribution in [-0.2, 0) is 9.59 Å². The molecule has 0 bridgehead atoms. The van der Waals surface area contributed by atoms with Gasteiger partial charge in [-0.15, -0.1) is 0 Å². The summed E-state index contributed by atoms with van der Waals surface area (Å²) in [5, 5.41) is 4.97. The number of nitrogens with one attached hydrogen (secondary N) is 2. The van der Waals surface area contributed by atoms with Gasteiger partial charge in [0.1, 0.15) is 0 Å². The molecule has 1 unspecified atom stereocenters. The van der Waals surface area contributed by atoms with Crippen molar-refractivity contribution in [1.29, 1.82) is 0 Å². The first-order chi connectivity index (χ1) is 5.57. The molecule has 1 atom stereocenters. The number of carbonyl (C=O) groups is 2. The number of amides is 2. The number of carbonyl (C=O) groups excluding carboxylic acids is 2. The molecule has 0 aliphatic heterocycles. The fraction of sp³-hybridized carbons (Fsp3) is 0.714. The van der Waals surface area contributed by atoms with Crippen LogP contribution in [0.25, 0.3) is 0 Å². The van der Waals surface area contributed by atoms with Gasteiger partial charge in [-0.25, -0.2) is 0 Å². The Bertz CT molecular complexity index is 168. The summed E-state index contributed by atoms with van der Waals surface area (Å²) in [6.45, 7) is 1.93. The standard InChI is InChI=1S/C7H15N3O2/c1-5(8)7(12)10-4-3-6(11)9-2/h5H,3-4,8H2,1-2H3,(H,9,11)(H,10,12). The summed E-state index contributed by atoms with van der Waals surface area (Å²) in [6.07, 6.45) is 0.287. The fourth-order valence-electron chi connectivity index (χ4n) is 0.585. The largest absolute Gasteiger partial charge is 0.359 e. The Morgan fingerprint density at radius 2 is 2.08 bits per heavy atom. The van der Waals surface area contributed by atoms with E-state index in [-0.39, 0.29) is 18.2 Å². The van der Waals surface area contributed by atoms with Gasteiger partial charge >= 0.3 is 0 Å². The van der Waals surface area contributed by atoms with Crippen molar-refractivity contribution in [3.05, 3.63) is 0 Å². The molecule has 0 saturated carbocycles. The number of hydrogen-bond acceptors (Lipinski definition) is 3. The molecule has 12 heavy (non-hydrogen) atoms. The van der Waals surface area contributed by atoms with E-state index < -0.39 is 6.04 Å². The molecule has 0 rings (SSSR count). The summed E-state index contributed by atoms with van der Waals surface area (Å²) in [6, 6.07) is -0.519. The smallest absolute Gasteiger partial charge is 0.236 e. The minimum absolute atomic E-state index is 0.0972. The van der Waals surface area contributed by atoms with Crippen molar-refractivity contribution >= 4 is 11.8 Å². The Morgan fingerprint density at radius 1 is 1.50 bits per heavy atom. The third kappa shape index (κ3) is 4.68. The molecule has 0 aliphatic carbocycles. The van der Waals surface area contributed by atoms with Crippen LogP contribution in [0.4, 0.5) is 0 Å². The molecule has 5 heteroatoms. The van der Waals surface area contributed by atoms with E-state index in [2.05, 4.69) is 10.6 Å². The molecule has 0 aromatic rings. The maximum Gasteiger partial charge on any atom is 0.236 e. The normalized spacial score (nSPS) is 11.9. The van der Waals surface area contributed by atoms with Gasteiger partial charge in [-0.05, 0) is 6.92 Å². The zero-order valence-electron chi connectivity index (χ0n) is 7.39. The molecule has 5 nitrogen and oxygen atoms in total. The highest BCUT2D eigenvalue weighted by Gasteiger charge is 2.06. The third-order valence-electron chi connectivity index (χ3n) is 1.34. The van der Waals surface area contributed by atoms with Crippen molar-refractivity contribution in [3.63, 3.8) is 0 Å². The zero-order valence-corrected chi connectivity index (χ0v) is 7.39. The first-order valence-electron chi connectivity index (χ1n) is 3.81. The SMILES string of the molecule is CNC(=O)CCNC(=O)C(C)N. The van der Waals surface area contributed by atoms with Gasteiger partial charge in [0, 0.05) is 20.0 Å². The maximum absolute atomic E-state index is 10.8. The van der Waals surface area contributed by atoms with E-state index in [9.17, 15) is 9.59 Å². The molecule has 0 radical (unpaired) electrons. The van der Waals surface area contributed by atoms with Crippen LogP contribution in [0.3, 0.4) is 0 Å². The molecule has 0 spiro atoms. The summed E-state index contributed by atoms with van der Waals surface area (Å²) >= 11 is 0. The van der Waals surface area contributed by atoms with E-state index in [1.165, 1.54) is 0 Å². The van der Waals surface area contributed by atoms with E-state index in [0.29, 0.717) is 6.54 Å². The van der Waals surface area contributed by atoms with Gasteiger partial charge in [-0.2, -0.15) is 0 Å². The summed E-state index contributed by atoms with van der Waals surface area (Å²) in [7, 11) is 1.55. The average molecular weight is 173 g/mol. The van der Waals surface area contributed by atoms with E-state index in [4.69, 9.17) is 5.73 Å². The Kier molecular flexibility index (Phi) is 5.03. The van der Waals surface area contributed by atoms with Crippen LogP contribution in [0.5, 0.6) is 0 Å². The molecule has 0 saturated heterocycles. The van der Waals surface area contributed by atoms with Gasteiger partial charge in [0.2, 0.25) is 11.8 Å². The van der Waals surface area contributed by atoms with E-state index >= 15 is 0 Å². The summed E-state index contributed by atoms with van der Waals surface area (Å²) in [4.78, 5) is 21.5. The van der Waals surface area contributed by atoms with Crippen LogP contribution in [0.15, 0.2) is 0 Å². The summed E-state index contributed by atoms with van der Waals surface area (Å²) < 4.78 is 0. The fourth-order valence-corrected chi connectivity index (χ4v) is 0.585. The second-order valence-corrected chi connectivity index (χ2v) is 2.50. The number of hydrogen-bond donors (Lipinski definition) is 3. The van der Waals surface area contributed by atoms with Crippen LogP contribution < -0.4 is 16.4 Å². The van der Waals surface area contributed by atoms with Gasteiger partial charge in [0.05, 0.1) is 6.04 Å². The highest BCUT2D eigenvalue weighted by atomic mass is 16.2. The second kappa shape index (κ2) is 5.54. The molecule has 2 amide bonds. The Labute approximate surface area is 71.7 Å². The Balaban J connectivity index is 3.44. The van der Waals surface area contributed by atoms with Crippen molar-refractivity contribution in [3.8, 4) is 0 Å². The predicted molar refractivity (Wildman–Crippen MR) is 45.3 cm³/mol. The van der Waals surface area contributed by atoms with Gasteiger partial charge in [-0.1, -0.05) is 0 Å². The van der Waals surface area contributed by atoms with Crippen molar-refractivity contribution in [1.82, 2.24) is 10.6 Å². The van der Waals surface area contributed by atoms with Gasteiger partial charge < -0.3 is 16.4 Å². The minimum Gasteiger partial charge on any atom is -0.359 e. The first kappa shape index (κ1) is 10.9. The molecule has 0 fully saturated rings. The summed E-state index contributed by atoms with van der Waals surface area (Å²) in [5.74, 6) is -0.334. The van der Waals surface area contributed by atoms with Crippen molar-refractivity contribution in [2.45, 2.75) is 19.4 Å². The molecule has 0 aromatic heterocycles. The summed E-state index contributed by atoms with van der Waals surface area (Å²) in [5.41, 5.74) is 5.27. The number of nitrogens with two attached hydrogens (primary N) is 1. The van der Waals surface area contributed by atoms with Gasteiger partial charge in [-0.3, -0.25) is 9.59 Å². The second-order valence-electron chi connectivity index (χ2n) is 2.50. The highest BCUT2D eigenvalue weighted by molar-refractivity contribution is 5.82. The lowest BCUT2D eigenvalue weighted by molar-refractivity contribution is -0.122. The van der Waals surface area contributed by atoms with Gasteiger partial charge in [0.15, 0.2) is 0 Å². The van der Waals surface area contributed by atoms with E-state index in [0.717, 1.165) is 0 Å². The van der Waals surface area contributed by atoms with E-state index in [1.807, 2.05) is 0 Å². The Hall–Kier alpha value is -1.10. The quantitative estimate of drug-likeness (QED) is 0.488. The van der Waals surface area contributed by atoms with Gasteiger partial charge in [0.25, 0.3) is 0 Å². The van der Waals surface area contributed by atoms with Crippen LogP contribution in [0.2, 0.25) is 0 Å². The number of rotatable bonds is 4. The predicted octanol–water partition coefficient (Wildman–Crippen LogP) is -1.41. The molecule has 0 heterocycles. The van der Waals surface area contributed by atoms with Crippen LogP contribution in [0.1, 0.15) is 13.3 Å². The molecule has 0 aromatic carbocycles. The molecule has 4 N–H and O–H groups in total. The lowest BCUT2D eigenvalue weighted by Gasteiger charge is -2.06. The highest BCUT2D eigenvalue weighted by Crippen LogP contribution is 1.78. The molecule has 0 aliphatic rings. The molecular formula is C7H15N3O2. The van der Waals surface area contributed by atoms with Crippen LogP contribution >= 0.6 is 0 Å². The van der Waals surface area contributed by atoms with E-state index in [1.54, 1.807) is 14.0 Å². The molecular weight excluding hydrogens is 158 g/mol. The topological polar surface area (TPSA) is 84.2 Å². The average Bonchev–Trinajstić information content (AvgIpc) is 2.03. The third-order valence-corrected chi connectivity index (χ3v) is 1.34. The van der Waals surface area contributed by atoms with Crippen LogP contribution in [0, 0.1) is 0 Å².